The maximum Gasteiger partial charge on any atom is 0.315 e. The van der Waals surface area contributed by atoms with Crippen molar-refractivity contribution in [1.29, 1.82) is 0 Å². The fraction of sp³-hybridized carbons (Fsp3) is 0.312. The highest BCUT2D eigenvalue weighted by Crippen LogP contribution is 2.26. The van der Waals surface area contributed by atoms with Crippen molar-refractivity contribution in [3.63, 3.8) is 0 Å². The summed E-state index contributed by atoms with van der Waals surface area (Å²) < 4.78 is 58.7. The van der Waals surface area contributed by atoms with Gasteiger partial charge in [-0.1, -0.05) is 5.10 Å². The van der Waals surface area contributed by atoms with Gasteiger partial charge in [0.2, 0.25) is 0 Å². The zero-order valence-corrected chi connectivity index (χ0v) is 13.3. The first-order valence-electron chi connectivity index (χ1n) is 7.89. The molecule has 0 saturated carbocycles. The van der Waals surface area contributed by atoms with E-state index in [1.54, 1.807) is 6.20 Å². The van der Waals surface area contributed by atoms with Gasteiger partial charge in [-0.25, -0.2) is 13.8 Å². The van der Waals surface area contributed by atoms with Gasteiger partial charge in [-0.15, -0.1) is 5.10 Å². The zero-order chi connectivity index (χ0) is 18.3. The normalized spacial score (nSPS) is 16.7. The SMILES string of the molecule is Fc1ccc(-c2cn3c(n2)CCC(Nc2nnc(C(F)F)o2)C3)c(F)c1. The number of nitrogens with zero attached hydrogens (tertiary/aromatic N) is 4. The van der Waals surface area contributed by atoms with E-state index in [-0.39, 0.29) is 17.6 Å². The molecule has 1 N–H and O–H groups in total. The van der Waals surface area contributed by atoms with Gasteiger partial charge in [-0.3, -0.25) is 0 Å². The summed E-state index contributed by atoms with van der Waals surface area (Å²) in [5.74, 6) is -1.30. The van der Waals surface area contributed by atoms with E-state index in [4.69, 9.17) is 4.42 Å². The molecule has 1 unspecified atom stereocenters. The van der Waals surface area contributed by atoms with Crippen molar-refractivity contribution in [2.75, 3.05) is 5.32 Å². The summed E-state index contributed by atoms with van der Waals surface area (Å²) >= 11 is 0. The van der Waals surface area contributed by atoms with Crippen molar-refractivity contribution in [2.24, 2.45) is 0 Å². The third kappa shape index (κ3) is 3.14. The highest BCUT2D eigenvalue weighted by atomic mass is 19.3. The van der Waals surface area contributed by atoms with Crippen LogP contribution in [0.15, 0.2) is 28.8 Å². The lowest BCUT2D eigenvalue weighted by Gasteiger charge is -2.23. The largest absolute Gasteiger partial charge is 0.402 e. The summed E-state index contributed by atoms with van der Waals surface area (Å²) in [6, 6.07) is 3.14. The summed E-state index contributed by atoms with van der Waals surface area (Å²) in [7, 11) is 0. The number of aryl methyl sites for hydroxylation is 1. The van der Waals surface area contributed by atoms with Crippen molar-refractivity contribution < 1.29 is 22.0 Å². The van der Waals surface area contributed by atoms with Crippen LogP contribution < -0.4 is 5.32 Å². The van der Waals surface area contributed by atoms with Crippen LogP contribution in [0.1, 0.15) is 24.6 Å². The van der Waals surface area contributed by atoms with Gasteiger partial charge in [0.25, 0.3) is 5.89 Å². The van der Waals surface area contributed by atoms with Crippen molar-refractivity contribution >= 4 is 6.01 Å². The maximum absolute atomic E-state index is 13.9. The average Bonchev–Trinajstić information content (AvgIpc) is 3.21. The second kappa shape index (κ2) is 6.43. The van der Waals surface area contributed by atoms with Crippen LogP contribution in [0, 0.1) is 11.6 Å². The van der Waals surface area contributed by atoms with Crippen LogP contribution in [0.4, 0.5) is 23.6 Å². The predicted molar refractivity (Wildman–Crippen MR) is 82.6 cm³/mol. The molecule has 1 aliphatic rings. The average molecular weight is 367 g/mol. The lowest BCUT2D eigenvalue weighted by molar-refractivity contribution is 0.116. The first kappa shape index (κ1) is 16.6. The van der Waals surface area contributed by atoms with Crippen molar-refractivity contribution in [2.45, 2.75) is 31.9 Å². The highest BCUT2D eigenvalue weighted by molar-refractivity contribution is 5.59. The van der Waals surface area contributed by atoms with E-state index in [0.717, 1.165) is 11.9 Å². The van der Waals surface area contributed by atoms with Crippen LogP contribution in [0.5, 0.6) is 0 Å². The van der Waals surface area contributed by atoms with Crippen LogP contribution in [0.25, 0.3) is 11.3 Å². The van der Waals surface area contributed by atoms with E-state index in [1.165, 1.54) is 12.1 Å². The zero-order valence-electron chi connectivity index (χ0n) is 13.3. The molecule has 1 aliphatic heterocycles. The monoisotopic (exact) mass is 367 g/mol. The van der Waals surface area contributed by atoms with Gasteiger partial charge >= 0.3 is 12.4 Å². The molecule has 136 valence electrons. The topological polar surface area (TPSA) is 68.8 Å². The Morgan fingerprint density at radius 1 is 1.23 bits per heavy atom. The molecule has 10 heteroatoms. The quantitative estimate of drug-likeness (QED) is 0.714. The Morgan fingerprint density at radius 3 is 2.81 bits per heavy atom. The predicted octanol–water partition coefficient (Wildman–Crippen LogP) is 3.58. The molecule has 0 radical (unpaired) electrons. The maximum atomic E-state index is 13.9. The van der Waals surface area contributed by atoms with Gasteiger partial charge in [-0.2, -0.15) is 8.78 Å². The molecule has 26 heavy (non-hydrogen) atoms. The third-order valence-electron chi connectivity index (χ3n) is 4.15. The van der Waals surface area contributed by atoms with Crippen molar-refractivity contribution in [3.05, 3.63) is 47.7 Å². The molecule has 0 saturated heterocycles. The molecule has 0 fully saturated rings. The van der Waals surface area contributed by atoms with Gasteiger partial charge in [-0.05, 0) is 18.6 Å². The first-order chi connectivity index (χ1) is 12.5. The number of nitrogens with one attached hydrogen (secondary N) is 1. The Hall–Kier alpha value is -2.91. The number of anilines is 1. The molecule has 0 bridgehead atoms. The number of aromatic nitrogens is 4. The molecule has 3 aromatic rings. The second-order valence-electron chi connectivity index (χ2n) is 5.94. The second-order valence-corrected chi connectivity index (χ2v) is 5.94. The Kier molecular flexibility index (Phi) is 4.09. The minimum atomic E-state index is -2.82. The van der Waals surface area contributed by atoms with E-state index in [2.05, 4.69) is 20.5 Å². The summed E-state index contributed by atoms with van der Waals surface area (Å²) in [5, 5.41) is 9.73. The van der Waals surface area contributed by atoms with Gasteiger partial charge in [0.1, 0.15) is 17.5 Å². The fourth-order valence-corrected chi connectivity index (χ4v) is 2.94. The highest BCUT2D eigenvalue weighted by Gasteiger charge is 2.24. The number of fused-ring (bicyclic) bond motifs is 1. The van der Waals surface area contributed by atoms with Crippen LogP contribution in [-0.4, -0.2) is 25.8 Å². The molecule has 6 nitrogen and oxygen atoms in total. The van der Waals surface area contributed by atoms with Gasteiger partial charge in [0, 0.05) is 36.8 Å². The van der Waals surface area contributed by atoms with Crippen LogP contribution in [-0.2, 0) is 13.0 Å². The molecule has 2 aromatic heterocycles. The van der Waals surface area contributed by atoms with Crippen molar-refractivity contribution in [1.82, 2.24) is 19.7 Å². The summed E-state index contributed by atoms with van der Waals surface area (Å²) in [6.07, 6.45) is 0.112. The van der Waals surface area contributed by atoms with Crippen LogP contribution in [0.2, 0.25) is 0 Å². The van der Waals surface area contributed by atoms with Gasteiger partial charge in [0.05, 0.1) is 5.69 Å². The molecular formula is C16H13F4N5O. The number of halogens is 4. The Balaban J connectivity index is 1.51. The van der Waals surface area contributed by atoms with E-state index < -0.39 is 24.0 Å². The number of imidazole rings is 1. The number of benzene rings is 1. The summed E-state index contributed by atoms with van der Waals surface area (Å²) in [6.45, 7) is 0.470. The Morgan fingerprint density at radius 2 is 2.08 bits per heavy atom. The van der Waals surface area contributed by atoms with Gasteiger partial charge < -0.3 is 14.3 Å². The molecule has 1 aromatic carbocycles. The smallest absolute Gasteiger partial charge is 0.315 e. The summed E-state index contributed by atoms with van der Waals surface area (Å²) in [5.41, 5.74) is 0.632. The minimum Gasteiger partial charge on any atom is -0.402 e. The minimum absolute atomic E-state index is 0.0707. The standard InChI is InChI=1S/C16H13F4N5O/c17-8-1-3-10(11(18)5-8)12-7-25-6-9(2-4-13(25)22-12)21-16-24-23-15(26-16)14(19)20/h1,3,5,7,9,14H,2,4,6H2,(H,21,24). The number of hydrogen-bond donors (Lipinski definition) is 1. The Labute approximate surface area is 144 Å². The molecular weight excluding hydrogens is 354 g/mol. The van der Waals surface area contributed by atoms with E-state index in [9.17, 15) is 17.6 Å². The molecule has 0 spiro atoms. The Bertz CT molecular complexity index is 939. The first-order valence-corrected chi connectivity index (χ1v) is 7.89. The lowest BCUT2D eigenvalue weighted by atomic mass is 10.1. The lowest BCUT2D eigenvalue weighted by Crippen LogP contribution is -2.31. The molecule has 4 rings (SSSR count). The van der Waals surface area contributed by atoms with E-state index in [1.807, 2.05) is 4.57 Å². The van der Waals surface area contributed by atoms with Crippen LogP contribution in [0.3, 0.4) is 0 Å². The number of hydrogen-bond acceptors (Lipinski definition) is 5. The van der Waals surface area contributed by atoms with E-state index in [0.29, 0.717) is 25.1 Å². The summed E-state index contributed by atoms with van der Waals surface area (Å²) in [4.78, 5) is 4.40. The van der Waals surface area contributed by atoms with Crippen molar-refractivity contribution in [3.8, 4) is 11.3 Å². The van der Waals surface area contributed by atoms with E-state index >= 15 is 0 Å². The molecule has 1 atom stereocenters. The number of alkyl halides is 2. The van der Waals surface area contributed by atoms with Gasteiger partial charge in [0.15, 0.2) is 0 Å². The fourth-order valence-electron chi connectivity index (χ4n) is 2.94. The molecule has 0 amide bonds. The third-order valence-corrected chi connectivity index (χ3v) is 4.15. The molecule has 0 aliphatic carbocycles. The number of rotatable bonds is 4. The van der Waals surface area contributed by atoms with Crippen LogP contribution >= 0.6 is 0 Å². The molecule has 3 heterocycles.